The number of fused-ring (bicyclic) bond motifs is 1. The molecule has 0 aliphatic heterocycles. The first-order valence-electron chi connectivity index (χ1n) is 8.09. The van der Waals surface area contributed by atoms with Gasteiger partial charge in [0.1, 0.15) is 5.82 Å². The van der Waals surface area contributed by atoms with E-state index >= 15 is 0 Å². The Kier molecular flexibility index (Phi) is 4.58. The van der Waals surface area contributed by atoms with E-state index in [1.165, 1.54) is 25.0 Å². The van der Waals surface area contributed by atoms with Gasteiger partial charge in [-0.15, -0.1) is 0 Å². The number of nitro benzene ring substituents is 1. The van der Waals surface area contributed by atoms with Gasteiger partial charge < -0.3 is 5.32 Å². The zero-order valence-corrected chi connectivity index (χ0v) is 13.5. The van der Waals surface area contributed by atoms with Crippen LogP contribution in [0.2, 0.25) is 0 Å². The molecule has 1 aliphatic carbocycles. The average Bonchev–Trinajstić information content (AvgIpc) is 3.42. The van der Waals surface area contributed by atoms with Gasteiger partial charge in [0.2, 0.25) is 0 Å². The van der Waals surface area contributed by atoms with E-state index < -0.39 is 4.92 Å². The highest BCUT2D eigenvalue weighted by molar-refractivity contribution is 5.88. The lowest BCUT2D eigenvalue weighted by Gasteiger charge is -2.20. The van der Waals surface area contributed by atoms with Crippen LogP contribution in [-0.4, -0.2) is 40.5 Å². The Labute approximate surface area is 140 Å². The molecule has 24 heavy (non-hydrogen) atoms. The summed E-state index contributed by atoms with van der Waals surface area (Å²) in [5, 5.41) is 24.0. The molecular weight excluding hydrogens is 306 g/mol. The number of nitrogens with one attached hydrogen (secondary N) is 1. The number of hydrogen-bond donors (Lipinski definition) is 1. The summed E-state index contributed by atoms with van der Waals surface area (Å²) in [6, 6.07) is 8.87. The maximum atomic E-state index is 10.9. The summed E-state index contributed by atoms with van der Waals surface area (Å²) in [6.45, 7) is 4.88. The minimum absolute atomic E-state index is 0.0375. The third-order valence-corrected chi connectivity index (χ3v) is 4.30. The monoisotopic (exact) mass is 325 g/mol. The molecule has 0 spiro atoms. The van der Waals surface area contributed by atoms with Crippen molar-refractivity contribution in [2.24, 2.45) is 0 Å². The molecule has 0 radical (unpaired) electrons. The van der Waals surface area contributed by atoms with Gasteiger partial charge in [-0.3, -0.25) is 15.0 Å². The number of non-ortho nitro benzene ring substituents is 1. The molecule has 1 fully saturated rings. The van der Waals surface area contributed by atoms with Crippen molar-refractivity contribution in [2.75, 3.05) is 25.0 Å². The third-order valence-electron chi connectivity index (χ3n) is 4.30. The highest BCUT2D eigenvalue weighted by Crippen LogP contribution is 2.27. The van der Waals surface area contributed by atoms with Gasteiger partial charge in [0.05, 0.1) is 22.1 Å². The molecule has 0 atom stereocenters. The predicted molar refractivity (Wildman–Crippen MR) is 91.9 cm³/mol. The van der Waals surface area contributed by atoms with Crippen LogP contribution in [0.3, 0.4) is 0 Å². The van der Waals surface area contributed by atoms with E-state index in [-0.39, 0.29) is 5.69 Å². The van der Waals surface area contributed by atoms with Crippen LogP contribution in [0.25, 0.3) is 10.9 Å². The van der Waals surface area contributed by atoms with Gasteiger partial charge in [-0.25, -0.2) is 4.98 Å². The fourth-order valence-electron chi connectivity index (χ4n) is 2.88. The second-order valence-corrected chi connectivity index (χ2v) is 5.91. The van der Waals surface area contributed by atoms with Crippen molar-refractivity contribution in [3.05, 3.63) is 39.9 Å². The molecule has 0 unspecified atom stereocenters. The van der Waals surface area contributed by atoms with Crippen molar-refractivity contribution in [3.8, 4) is 6.07 Å². The fourth-order valence-corrected chi connectivity index (χ4v) is 2.88. The minimum Gasteiger partial charge on any atom is -0.369 e. The smallest absolute Gasteiger partial charge is 0.270 e. The summed E-state index contributed by atoms with van der Waals surface area (Å²) in [6.07, 6.45) is 2.55. The molecule has 1 aliphatic rings. The van der Waals surface area contributed by atoms with E-state index in [0.29, 0.717) is 22.3 Å². The van der Waals surface area contributed by atoms with Crippen molar-refractivity contribution < 1.29 is 4.92 Å². The van der Waals surface area contributed by atoms with Crippen molar-refractivity contribution >= 4 is 22.4 Å². The van der Waals surface area contributed by atoms with Gasteiger partial charge in [-0.05, 0) is 31.5 Å². The highest BCUT2D eigenvalue weighted by atomic mass is 16.6. The molecule has 1 aromatic carbocycles. The quantitative estimate of drug-likeness (QED) is 0.621. The topological polar surface area (TPSA) is 95.1 Å². The molecule has 124 valence electrons. The summed E-state index contributed by atoms with van der Waals surface area (Å²) in [7, 11) is 0. The van der Waals surface area contributed by atoms with Gasteiger partial charge in [0.25, 0.3) is 5.69 Å². The van der Waals surface area contributed by atoms with Gasteiger partial charge in [-0.1, -0.05) is 6.92 Å². The summed E-state index contributed by atoms with van der Waals surface area (Å²) in [4.78, 5) is 17.3. The summed E-state index contributed by atoms with van der Waals surface area (Å²) >= 11 is 0. The van der Waals surface area contributed by atoms with Crippen LogP contribution in [0.4, 0.5) is 11.5 Å². The van der Waals surface area contributed by atoms with Gasteiger partial charge >= 0.3 is 0 Å². The second kappa shape index (κ2) is 6.81. The Morgan fingerprint density at radius 3 is 2.88 bits per heavy atom. The first-order valence-corrected chi connectivity index (χ1v) is 8.09. The second-order valence-electron chi connectivity index (χ2n) is 5.91. The van der Waals surface area contributed by atoms with Gasteiger partial charge in [0, 0.05) is 36.7 Å². The molecule has 3 rings (SSSR count). The van der Waals surface area contributed by atoms with E-state index in [4.69, 9.17) is 0 Å². The lowest BCUT2D eigenvalue weighted by atomic mass is 10.1. The Balaban J connectivity index is 1.78. The summed E-state index contributed by atoms with van der Waals surface area (Å²) < 4.78 is 0. The van der Waals surface area contributed by atoms with Crippen LogP contribution in [0.1, 0.15) is 25.3 Å². The molecule has 0 saturated heterocycles. The average molecular weight is 325 g/mol. The normalized spacial score (nSPS) is 13.9. The molecule has 0 bridgehead atoms. The van der Waals surface area contributed by atoms with E-state index in [0.717, 1.165) is 25.7 Å². The molecule has 1 N–H and O–H groups in total. The summed E-state index contributed by atoms with van der Waals surface area (Å²) in [5.74, 6) is 0.625. The largest absolute Gasteiger partial charge is 0.369 e. The lowest BCUT2D eigenvalue weighted by Crippen LogP contribution is -2.31. The van der Waals surface area contributed by atoms with Crippen LogP contribution in [-0.2, 0) is 0 Å². The molecule has 1 aromatic heterocycles. The number of nitriles is 1. The number of pyridine rings is 1. The third kappa shape index (κ3) is 3.44. The molecule has 2 aromatic rings. The first kappa shape index (κ1) is 16.1. The highest BCUT2D eigenvalue weighted by Gasteiger charge is 2.27. The molecular formula is C17H19N5O2. The zero-order chi connectivity index (χ0) is 17.1. The van der Waals surface area contributed by atoms with E-state index in [1.54, 1.807) is 12.1 Å². The number of benzene rings is 1. The maximum absolute atomic E-state index is 10.9. The number of nitro groups is 1. The van der Waals surface area contributed by atoms with E-state index in [2.05, 4.69) is 28.2 Å². The fraction of sp³-hybridized carbons (Fsp3) is 0.412. The first-order chi connectivity index (χ1) is 11.6. The van der Waals surface area contributed by atoms with Crippen LogP contribution in [0.15, 0.2) is 24.3 Å². The van der Waals surface area contributed by atoms with Crippen molar-refractivity contribution in [1.29, 1.82) is 5.26 Å². The number of likely N-dealkylation sites (N-methyl/N-ethyl adjacent to an activating group) is 1. The number of nitrogens with zero attached hydrogens (tertiary/aromatic N) is 4. The Bertz CT molecular complexity index is 810. The molecule has 7 heteroatoms. The minimum atomic E-state index is -0.468. The zero-order valence-electron chi connectivity index (χ0n) is 13.5. The molecule has 7 nitrogen and oxygen atoms in total. The Morgan fingerprint density at radius 1 is 1.46 bits per heavy atom. The molecule has 1 saturated carbocycles. The van der Waals surface area contributed by atoms with Crippen molar-refractivity contribution in [1.82, 2.24) is 9.88 Å². The lowest BCUT2D eigenvalue weighted by molar-refractivity contribution is -0.384. The van der Waals surface area contributed by atoms with Crippen molar-refractivity contribution in [2.45, 2.75) is 25.8 Å². The standard InChI is InChI=1S/C17H19N5O2/c1-2-21(13-3-4-13)8-7-19-17-9-12(11-18)15-10-14(22(23)24)5-6-16(15)20-17/h5-6,9-10,13H,2-4,7-8H2,1H3,(H,19,20). The van der Waals surface area contributed by atoms with E-state index in [1.807, 2.05) is 0 Å². The Hall–Kier alpha value is -2.72. The number of rotatable bonds is 7. The van der Waals surface area contributed by atoms with Crippen molar-refractivity contribution in [3.63, 3.8) is 0 Å². The number of aromatic nitrogens is 1. The van der Waals surface area contributed by atoms with Crippen LogP contribution < -0.4 is 5.32 Å². The molecule has 0 amide bonds. The molecule has 1 heterocycles. The van der Waals surface area contributed by atoms with Crippen LogP contribution in [0, 0.1) is 21.4 Å². The van der Waals surface area contributed by atoms with Crippen LogP contribution in [0.5, 0.6) is 0 Å². The van der Waals surface area contributed by atoms with E-state index in [9.17, 15) is 15.4 Å². The predicted octanol–water partition coefficient (Wildman–Crippen LogP) is 2.91. The van der Waals surface area contributed by atoms with Gasteiger partial charge in [-0.2, -0.15) is 5.26 Å². The maximum Gasteiger partial charge on any atom is 0.270 e. The number of anilines is 1. The summed E-state index contributed by atoms with van der Waals surface area (Å²) in [5.41, 5.74) is 0.932. The Morgan fingerprint density at radius 2 is 2.25 bits per heavy atom. The van der Waals surface area contributed by atoms with Gasteiger partial charge in [0.15, 0.2) is 0 Å². The number of hydrogen-bond acceptors (Lipinski definition) is 6. The SMILES string of the molecule is CCN(CCNc1cc(C#N)c2cc([N+](=O)[O-])ccc2n1)C1CC1. The van der Waals surface area contributed by atoms with Crippen LogP contribution >= 0.6 is 0 Å².